The minimum atomic E-state index is -0.0509. The number of ether oxygens (including phenoxy) is 2. The summed E-state index contributed by atoms with van der Waals surface area (Å²) in [5, 5.41) is 4.54. The third-order valence-electron chi connectivity index (χ3n) is 5.09. The Morgan fingerprint density at radius 1 is 1.14 bits per heavy atom. The summed E-state index contributed by atoms with van der Waals surface area (Å²) in [6.45, 7) is 9.48. The fraction of sp³-hybridized carbons (Fsp3) is 0.526. The van der Waals surface area contributed by atoms with Crippen molar-refractivity contribution in [2.75, 3.05) is 50.8 Å². The first-order valence-electron chi connectivity index (χ1n) is 9.74. The Balaban J connectivity index is 1.67. The minimum absolute atomic E-state index is 0.0509. The van der Waals surface area contributed by atoms with Crippen LogP contribution < -0.4 is 25.2 Å². The molecule has 1 aromatic carbocycles. The molecular weight excluding hydrogens is 378 g/mol. The quantitative estimate of drug-likeness (QED) is 0.767. The highest BCUT2D eigenvalue weighted by Crippen LogP contribution is 2.33. The molecule has 2 aromatic rings. The molecule has 150 valence electrons. The van der Waals surface area contributed by atoms with Gasteiger partial charge in [-0.05, 0) is 32.1 Å². The minimum Gasteiger partial charge on any atom is -0.486 e. The SMILES string of the molecule is CCNC(=S)N1CCN(c2nc3cc4c(cc3c(=O)n2CC)OCCO4)CC1. The molecule has 1 fully saturated rings. The van der Waals surface area contributed by atoms with Crippen LogP contribution in [0.25, 0.3) is 10.9 Å². The van der Waals surface area contributed by atoms with Crippen LogP contribution in [0.15, 0.2) is 16.9 Å². The van der Waals surface area contributed by atoms with Gasteiger partial charge < -0.3 is 24.6 Å². The van der Waals surface area contributed by atoms with Gasteiger partial charge in [-0.25, -0.2) is 4.98 Å². The maximum atomic E-state index is 13.1. The number of aromatic nitrogens is 2. The monoisotopic (exact) mass is 403 g/mol. The molecule has 1 aromatic heterocycles. The van der Waals surface area contributed by atoms with Crippen LogP contribution in [0.2, 0.25) is 0 Å². The molecule has 0 saturated carbocycles. The summed E-state index contributed by atoms with van der Waals surface area (Å²) in [5.74, 6) is 1.95. The first-order chi connectivity index (χ1) is 13.6. The fourth-order valence-electron chi connectivity index (χ4n) is 3.65. The summed E-state index contributed by atoms with van der Waals surface area (Å²) in [6.07, 6.45) is 0. The molecule has 0 atom stereocenters. The van der Waals surface area contributed by atoms with Crippen molar-refractivity contribution in [2.24, 2.45) is 0 Å². The van der Waals surface area contributed by atoms with Gasteiger partial charge in [0.25, 0.3) is 5.56 Å². The van der Waals surface area contributed by atoms with Gasteiger partial charge in [-0.1, -0.05) is 0 Å². The molecule has 0 radical (unpaired) electrons. The van der Waals surface area contributed by atoms with Crippen LogP contribution in [0.1, 0.15) is 13.8 Å². The highest BCUT2D eigenvalue weighted by molar-refractivity contribution is 7.80. The van der Waals surface area contributed by atoms with E-state index in [2.05, 4.69) is 15.1 Å². The molecule has 0 amide bonds. The topological polar surface area (TPSA) is 71.9 Å². The van der Waals surface area contributed by atoms with Gasteiger partial charge in [0.05, 0.1) is 10.9 Å². The van der Waals surface area contributed by atoms with Crippen molar-refractivity contribution in [3.63, 3.8) is 0 Å². The molecule has 0 unspecified atom stereocenters. The predicted octanol–water partition coefficient (Wildman–Crippen LogP) is 1.20. The third kappa shape index (κ3) is 3.34. The van der Waals surface area contributed by atoms with E-state index < -0.39 is 0 Å². The molecule has 0 bridgehead atoms. The second-order valence-electron chi connectivity index (χ2n) is 6.78. The lowest BCUT2D eigenvalue weighted by molar-refractivity contribution is 0.172. The van der Waals surface area contributed by atoms with Crippen LogP contribution in [-0.2, 0) is 6.54 Å². The zero-order valence-corrected chi connectivity index (χ0v) is 17.0. The number of hydrogen-bond donors (Lipinski definition) is 1. The molecule has 9 heteroatoms. The van der Waals surface area contributed by atoms with Crippen molar-refractivity contribution in [3.8, 4) is 11.5 Å². The van der Waals surface area contributed by atoms with Gasteiger partial charge in [-0.3, -0.25) is 9.36 Å². The van der Waals surface area contributed by atoms with Gasteiger partial charge >= 0.3 is 0 Å². The van der Waals surface area contributed by atoms with Gasteiger partial charge in [-0.15, -0.1) is 0 Å². The fourth-order valence-corrected chi connectivity index (χ4v) is 3.97. The number of piperazine rings is 1. The van der Waals surface area contributed by atoms with Crippen molar-refractivity contribution >= 4 is 34.2 Å². The Bertz CT molecular complexity index is 953. The van der Waals surface area contributed by atoms with E-state index in [-0.39, 0.29) is 5.56 Å². The van der Waals surface area contributed by atoms with Crippen molar-refractivity contribution in [1.82, 2.24) is 19.8 Å². The van der Waals surface area contributed by atoms with Crippen molar-refractivity contribution in [1.29, 1.82) is 0 Å². The largest absolute Gasteiger partial charge is 0.486 e. The van der Waals surface area contributed by atoms with Crippen molar-refractivity contribution < 1.29 is 9.47 Å². The summed E-state index contributed by atoms with van der Waals surface area (Å²) in [5.41, 5.74) is 0.588. The highest BCUT2D eigenvalue weighted by atomic mass is 32.1. The van der Waals surface area contributed by atoms with Crippen LogP contribution in [0.4, 0.5) is 5.95 Å². The summed E-state index contributed by atoms with van der Waals surface area (Å²) in [7, 11) is 0. The van der Waals surface area contributed by atoms with Crippen LogP contribution in [-0.4, -0.2) is 65.5 Å². The molecule has 2 aliphatic rings. The van der Waals surface area contributed by atoms with Gasteiger partial charge in [0, 0.05) is 45.3 Å². The maximum Gasteiger partial charge on any atom is 0.262 e. The zero-order valence-electron chi connectivity index (χ0n) is 16.2. The molecule has 0 aliphatic carbocycles. The lowest BCUT2D eigenvalue weighted by Gasteiger charge is -2.37. The number of hydrogen-bond acceptors (Lipinski definition) is 6. The van der Waals surface area contributed by atoms with Crippen LogP contribution in [0, 0.1) is 0 Å². The molecule has 0 spiro atoms. The van der Waals surface area contributed by atoms with E-state index >= 15 is 0 Å². The number of thiocarbonyl (C=S) groups is 1. The van der Waals surface area contributed by atoms with Gasteiger partial charge in [0.1, 0.15) is 13.2 Å². The normalized spacial score (nSPS) is 16.4. The summed E-state index contributed by atoms with van der Waals surface area (Å²) in [6, 6.07) is 3.56. The number of rotatable bonds is 3. The Kier molecular flexibility index (Phi) is 5.25. The highest BCUT2D eigenvalue weighted by Gasteiger charge is 2.24. The predicted molar refractivity (Wildman–Crippen MR) is 113 cm³/mol. The average molecular weight is 404 g/mol. The molecular formula is C19H25N5O3S. The molecule has 8 nitrogen and oxygen atoms in total. The Morgan fingerprint density at radius 2 is 1.82 bits per heavy atom. The summed E-state index contributed by atoms with van der Waals surface area (Å²) in [4.78, 5) is 22.3. The molecule has 4 rings (SSSR count). The second-order valence-corrected chi connectivity index (χ2v) is 7.17. The number of nitrogens with one attached hydrogen (secondary N) is 1. The Labute approximate surface area is 169 Å². The first-order valence-corrected chi connectivity index (χ1v) is 10.1. The maximum absolute atomic E-state index is 13.1. The average Bonchev–Trinajstić information content (AvgIpc) is 2.73. The number of benzene rings is 1. The van der Waals surface area contributed by atoms with Crippen LogP contribution in [0.5, 0.6) is 11.5 Å². The van der Waals surface area contributed by atoms with E-state index in [1.165, 1.54) is 0 Å². The smallest absolute Gasteiger partial charge is 0.262 e. The first kappa shape index (κ1) is 18.8. The molecule has 3 heterocycles. The van der Waals surface area contributed by atoms with E-state index in [9.17, 15) is 4.79 Å². The summed E-state index contributed by atoms with van der Waals surface area (Å²) < 4.78 is 13.0. The third-order valence-corrected chi connectivity index (χ3v) is 5.49. The lowest BCUT2D eigenvalue weighted by Crippen LogP contribution is -2.52. The molecule has 1 saturated heterocycles. The van der Waals surface area contributed by atoms with E-state index in [1.807, 2.05) is 19.9 Å². The Morgan fingerprint density at radius 3 is 2.46 bits per heavy atom. The molecule has 2 aliphatic heterocycles. The Hall–Kier alpha value is -2.55. The second kappa shape index (κ2) is 7.83. The van der Waals surface area contributed by atoms with E-state index in [0.717, 1.165) is 37.8 Å². The number of anilines is 1. The summed E-state index contributed by atoms with van der Waals surface area (Å²) >= 11 is 5.42. The van der Waals surface area contributed by atoms with Crippen molar-refractivity contribution in [3.05, 3.63) is 22.5 Å². The van der Waals surface area contributed by atoms with E-state index in [1.54, 1.807) is 10.6 Å². The molecule has 1 N–H and O–H groups in total. The van der Waals surface area contributed by atoms with Gasteiger partial charge in [-0.2, -0.15) is 0 Å². The number of nitrogens with zero attached hydrogens (tertiary/aromatic N) is 4. The van der Waals surface area contributed by atoms with Crippen molar-refractivity contribution in [2.45, 2.75) is 20.4 Å². The van der Waals surface area contributed by atoms with E-state index in [4.69, 9.17) is 26.7 Å². The molecule has 28 heavy (non-hydrogen) atoms. The lowest BCUT2D eigenvalue weighted by atomic mass is 10.2. The zero-order chi connectivity index (χ0) is 19.7. The number of fused-ring (bicyclic) bond motifs is 2. The van der Waals surface area contributed by atoms with Gasteiger partial charge in [0.2, 0.25) is 5.95 Å². The van der Waals surface area contributed by atoms with E-state index in [0.29, 0.717) is 48.1 Å². The van der Waals surface area contributed by atoms with Crippen LogP contribution >= 0.6 is 12.2 Å². The standard InChI is InChI=1S/C19H25N5O3S/c1-3-20-19(28)23-7-5-22(6-8-23)18-21-14-12-16-15(26-9-10-27-16)11-13(14)17(25)24(18)4-2/h11-12H,3-10H2,1-2H3,(H,20,28). The van der Waals surface area contributed by atoms with Gasteiger partial charge in [0.15, 0.2) is 16.6 Å². The van der Waals surface area contributed by atoms with Crippen LogP contribution in [0.3, 0.4) is 0 Å².